The van der Waals surface area contributed by atoms with Gasteiger partial charge in [-0.2, -0.15) is 0 Å². The molecule has 1 N–H and O–H groups in total. The van der Waals surface area contributed by atoms with E-state index in [9.17, 15) is 13.5 Å². The molecule has 1 aliphatic carbocycles. The van der Waals surface area contributed by atoms with Crippen LogP contribution in [0.25, 0.3) is 0 Å². The zero-order chi connectivity index (χ0) is 13.5. The van der Waals surface area contributed by atoms with Crippen molar-refractivity contribution in [2.45, 2.75) is 23.8 Å². The zero-order valence-electron chi connectivity index (χ0n) is 9.64. The van der Waals surface area contributed by atoms with E-state index in [1.54, 1.807) is 0 Å². The van der Waals surface area contributed by atoms with E-state index in [1.165, 1.54) is 17.4 Å². The number of aliphatic hydroxyl groups is 1. The smallest absolute Gasteiger partial charge is 0.245 e. The Hall–Kier alpha value is 0.150. The highest BCUT2D eigenvalue weighted by Gasteiger charge is 2.33. The molecule has 1 aromatic rings. The van der Waals surface area contributed by atoms with Crippen LogP contribution in [0.15, 0.2) is 11.0 Å². The minimum atomic E-state index is -3.59. The molecule has 0 bridgehead atoms. The van der Waals surface area contributed by atoms with Gasteiger partial charge < -0.3 is 5.11 Å². The predicted molar refractivity (Wildman–Crippen MR) is 72.9 cm³/mol. The number of thiophene rings is 1. The van der Waals surface area contributed by atoms with Gasteiger partial charge in [0.05, 0.1) is 10.4 Å². The summed E-state index contributed by atoms with van der Waals surface area (Å²) in [7, 11) is -2.08. The van der Waals surface area contributed by atoms with Crippen LogP contribution < -0.4 is 0 Å². The Labute approximate surface area is 120 Å². The SMILES string of the molecule is CN(CC1CC(O)C1)S(=O)(=O)c1cc(Cl)sc1Cl. The molecular formula is C10H13Cl2NO3S2. The number of aliphatic hydroxyl groups excluding tert-OH is 1. The third kappa shape index (κ3) is 2.84. The van der Waals surface area contributed by atoms with Crippen molar-refractivity contribution >= 4 is 44.6 Å². The van der Waals surface area contributed by atoms with Crippen molar-refractivity contribution < 1.29 is 13.5 Å². The van der Waals surface area contributed by atoms with Crippen molar-refractivity contribution in [2.75, 3.05) is 13.6 Å². The molecule has 1 fully saturated rings. The molecule has 8 heteroatoms. The van der Waals surface area contributed by atoms with Crippen LogP contribution >= 0.6 is 34.5 Å². The van der Waals surface area contributed by atoms with Gasteiger partial charge in [0, 0.05) is 13.6 Å². The first-order chi connectivity index (χ1) is 8.30. The number of nitrogens with zero attached hydrogens (tertiary/aromatic N) is 1. The highest BCUT2D eigenvalue weighted by atomic mass is 35.5. The Morgan fingerprint density at radius 2 is 2.11 bits per heavy atom. The second-order valence-electron chi connectivity index (χ2n) is 4.47. The van der Waals surface area contributed by atoms with Crippen molar-refractivity contribution in [2.24, 2.45) is 5.92 Å². The van der Waals surface area contributed by atoms with Crippen LogP contribution in [0, 0.1) is 5.92 Å². The van der Waals surface area contributed by atoms with Gasteiger partial charge in [0.25, 0.3) is 0 Å². The van der Waals surface area contributed by atoms with Crippen LogP contribution in [0.1, 0.15) is 12.8 Å². The van der Waals surface area contributed by atoms with E-state index in [4.69, 9.17) is 23.2 Å². The lowest BCUT2D eigenvalue weighted by Gasteiger charge is -2.33. The summed E-state index contributed by atoms with van der Waals surface area (Å²) in [5.41, 5.74) is 0. The molecule has 0 unspecified atom stereocenters. The van der Waals surface area contributed by atoms with E-state index in [0.29, 0.717) is 23.7 Å². The molecule has 0 saturated heterocycles. The van der Waals surface area contributed by atoms with Gasteiger partial charge in [-0.3, -0.25) is 0 Å². The molecule has 0 aliphatic heterocycles. The van der Waals surface area contributed by atoms with Gasteiger partial charge >= 0.3 is 0 Å². The van der Waals surface area contributed by atoms with Gasteiger partial charge in [-0.05, 0) is 24.8 Å². The molecule has 0 aromatic carbocycles. The first kappa shape index (κ1) is 14.6. The average Bonchev–Trinajstić information content (AvgIpc) is 2.56. The first-order valence-corrected chi connectivity index (χ1v) is 8.41. The molecule has 4 nitrogen and oxygen atoms in total. The summed E-state index contributed by atoms with van der Waals surface area (Å²) >= 11 is 12.7. The van der Waals surface area contributed by atoms with Crippen LogP contribution in [0.5, 0.6) is 0 Å². The maximum Gasteiger partial charge on any atom is 0.245 e. The third-order valence-corrected chi connectivity index (χ3v) is 6.62. The first-order valence-electron chi connectivity index (χ1n) is 5.40. The maximum absolute atomic E-state index is 12.3. The summed E-state index contributed by atoms with van der Waals surface area (Å²) in [4.78, 5) is 0.0570. The Morgan fingerprint density at radius 1 is 1.50 bits per heavy atom. The summed E-state index contributed by atoms with van der Waals surface area (Å²) < 4.78 is 26.3. The molecule has 0 amide bonds. The number of rotatable bonds is 4. The van der Waals surface area contributed by atoms with E-state index in [2.05, 4.69) is 0 Å². The Morgan fingerprint density at radius 3 is 2.56 bits per heavy atom. The summed E-state index contributed by atoms with van der Waals surface area (Å²) in [6.07, 6.45) is 1.01. The molecule has 0 atom stereocenters. The Bertz CT molecular complexity index is 537. The predicted octanol–water partition coefficient (Wildman–Crippen LogP) is 2.45. The minimum Gasteiger partial charge on any atom is -0.393 e. The summed E-state index contributed by atoms with van der Waals surface area (Å²) in [5, 5.41) is 9.19. The second kappa shape index (κ2) is 5.26. The molecule has 1 aromatic heterocycles. The monoisotopic (exact) mass is 329 g/mol. The molecule has 1 heterocycles. The zero-order valence-corrected chi connectivity index (χ0v) is 12.8. The highest BCUT2D eigenvalue weighted by Crippen LogP contribution is 2.36. The Kier molecular flexibility index (Phi) is 4.26. The van der Waals surface area contributed by atoms with E-state index < -0.39 is 10.0 Å². The quantitative estimate of drug-likeness (QED) is 0.923. The summed E-state index contributed by atoms with van der Waals surface area (Å²) in [6.45, 7) is 0.392. The number of halogens is 2. The normalized spacial score (nSPS) is 24.3. The lowest BCUT2D eigenvalue weighted by Crippen LogP contribution is -2.39. The Balaban J connectivity index is 2.13. The molecule has 1 aliphatic rings. The number of hydrogen-bond donors (Lipinski definition) is 1. The van der Waals surface area contributed by atoms with Crippen LogP contribution in [-0.2, 0) is 10.0 Å². The molecule has 2 rings (SSSR count). The van der Waals surface area contributed by atoms with Crippen LogP contribution in [-0.4, -0.2) is 37.5 Å². The highest BCUT2D eigenvalue weighted by molar-refractivity contribution is 7.89. The van der Waals surface area contributed by atoms with Crippen molar-refractivity contribution in [3.05, 3.63) is 14.7 Å². The van der Waals surface area contributed by atoms with Crippen LogP contribution in [0.4, 0.5) is 0 Å². The standard InChI is InChI=1S/C10H13Cl2NO3S2/c1-13(5-6-2-7(14)3-6)18(15,16)8-4-9(11)17-10(8)12/h4,6-7,14H,2-3,5H2,1H3. The topological polar surface area (TPSA) is 57.6 Å². The van der Waals surface area contributed by atoms with Gasteiger partial charge in [-0.15, -0.1) is 11.3 Å². The summed E-state index contributed by atoms with van der Waals surface area (Å²) in [6, 6.07) is 1.37. The van der Waals surface area contributed by atoms with Crippen LogP contribution in [0.2, 0.25) is 8.67 Å². The maximum atomic E-state index is 12.3. The average molecular weight is 330 g/mol. The minimum absolute atomic E-state index is 0.0570. The molecule has 0 radical (unpaired) electrons. The summed E-state index contributed by atoms with van der Waals surface area (Å²) in [5.74, 6) is 0.215. The van der Waals surface area contributed by atoms with E-state index in [-0.39, 0.29) is 21.3 Å². The van der Waals surface area contributed by atoms with Gasteiger partial charge in [-0.25, -0.2) is 12.7 Å². The van der Waals surface area contributed by atoms with Gasteiger partial charge in [0.1, 0.15) is 9.23 Å². The second-order valence-corrected chi connectivity index (χ2v) is 8.76. The molecule has 0 spiro atoms. The van der Waals surface area contributed by atoms with E-state index in [1.807, 2.05) is 0 Å². The van der Waals surface area contributed by atoms with Crippen molar-refractivity contribution in [1.82, 2.24) is 4.31 Å². The third-order valence-electron chi connectivity index (χ3n) is 3.04. The fraction of sp³-hybridized carbons (Fsp3) is 0.600. The van der Waals surface area contributed by atoms with E-state index in [0.717, 1.165) is 11.3 Å². The van der Waals surface area contributed by atoms with E-state index >= 15 is 0 Å². The van der Waals surface area contributed by atoms with Crippen molar-refractivity contribution in [3.8, 4) is 0 Å². The van der Waals surface area contributed by atoms with Gasteiger partial charge in [0.2, 0.25) is 10.0 Å². The fourth-order valence-corrected chi connectivity index (χ4v) is 5.34. The molecule has 18 heavy (non-hydrogen) atoms. The lowest BCUT2D eigenvalue weighted by atomic mass is 9.82. The number of sulfonamides is 1. The van der Waals surface area contributed by atoms with Crippen LogP contribution in [0.3, 0.4) is 0 Å². The number of hydrogen-bond acceptors (Lipinski definition) is 4. The van der Waals surface area contributed by atoms with Gasteiger partial charge in [-0.1, -0.05) is 23.2 Å². The largest absolute Gasteiger partial charge is 0.393 e. The van der Waals surface area contributed by atoms with Gasteiger partial charge in [0.15, 0.2) is 0 Å². The molecular weight excluding hydrogens is 317 g/mol. The van der Waals surface area contributed by atoms with Crippen molar-refractivity contribution in [1.29, 1.82) is 0 Å². The molecule has 102 valence electrons. The van der Waals surface area contributed by atoms with Crippen molar-refractivity contribution in [3.63, 3.8) is 0 Å². The molecule has 1 saturated carbocycles. The fourth-order valence-electron chi connectivity index (χ4n) is 1.98. The lowest BCUT2D eigenvalue weighted by molar-refractivity contribution is 0.0367.